The Kier molecular flexibility index (Phi) is 3.74. The van der Waals surface area contributed by atoms with E-state index in [0.29, 0.717) is 0 Å². The number of rotatable bonds is 0. The summed E-state index contributed by atoms with van der Waals surface area (Å²) >= 11 is 0. The van der Waals surface area contributed by atoms with Crippen molar-refractivity contribution in [2.45, 2.75) is 39.5 Å². The summed E-state index contributed by atoms with van der Waals surface area (Å²) in [6.07, 6.45) is 4.77. The number of benzene rings is 2. The van der Waals surface area contributed by atoms with Gasteiger partial charge in [-0.05, 0) is 49.6 Å². The average molecular weight is 492 g/mol. The summed E-state index contributed by atoms with van der Waals surface area (Å²) in [5, 5.41) is 3.74. The van der Waals surface area contributed by atoms with Gasteiger partial charge in [-0.3, -0.25) is 4.98 Å². The predicted molar refractivity (Wildman–Crippen MR) is 95.2 cm³/mol. The molecule has 123 valence electrons. The van der Waals surface area contributed by atoms with Gasteiger partial charge in [-0.25, -0.2) is 0 Å². The van der Waals surface area contributed by atoms with Crippen LogP contribution in [0.5, 0.6) is 0 Å². The van der Waals surface area contributed by atoms with Crippen LogP contribution in [0.1, 0.15) is 35.4 Å². The second kappa shape index (κ2) is 5.68. The normalized spacial score (nSPS) is 14.1. The Morgan fingerprint density at radius 2 is 1.83 bits per heavy atom. The summed E-state index contributed by atoms with van der Waals surface area (Å²) < 4.78 is 2.41. The maximum atomic E-state index is 5.02. The van der Waals surface area contributed by atoms with Crippen molar-refractivity contribution in [2.75, 3.05) is 0 Å². The van der Waals surface area contributed by atoms with Crippen molar-refractivity contribution in [3.05, 3.63) is 58.9 Å². The molecule has 2 heterocycles. The van der Waals surface area contributed by atoms with E-state index in [-0.39, 0.29) is 20.1 Å². The SMILES string of the molecule is Cc1c[c-]c2c(c1)c1ccc(C)cc1n1c3c(nc21)CCCC3.[Ir]. The fourth-order valence-corrected chi connectivity index (χ4v) is 4.02. The van der Waals surface area contributed by atoms with E-state index < -0.39 is 0 Å². The molecule has 4 aromatic rings. The summed E-state index contributed by atoms with van der Waals surface area (Å²) in [7, 11) is 0. The molecule has 2 aromatic heterocycles. The molecule has 1 radical (unpaired) electrons. The molecule has 0 N–H and O–H groups in total. The average Bonchev–Trinajstić information content (AvgIpc) is 2.94. The molecule has 0 atom stereocenters. The van der Waals surface area contributed by atoms with Gasteiger partial charge >= 0.3 is 0 Å². The summed E-state index contributed by atoms with van der Waals surface area (Å²) in [5.41, 5.74) is 7.64. The van der Waals surface area contributed by atoms with Crippen LogP contribution in [0.4, 0.5) is 0 Å². The quantitative estimate of drug-likeness (QED) is 0.252. The number of pyridine rings is 1. The van der Waals surface area contributed by atoms with Crippen molar-refractivity contribution in [3.63, 3.8) is 0 Å². The van der Waals surface area contributed by atoms with Crippen LogP contribution in [0.2, 0.25) is 0 Å². The monoisotopic (exact) mass is 492 g/mol. The molecule has 2 aromatic carbocycles. The van der Waals surface area contributed by atoms with Crippen molar-refractivity contribution >= 4 is 27.3 Å². The molecule has 3 heteroatoms. The maximum absolute atomic E-state index is 5.02. The van der Waals surface area contributed by atoms with Gasteiger partial charge in [0, 0.05) is 31.3 Å². The van der Waals surface area contributed by atoms with Gasteiger partial charge in [-0.1, -0.05) is 24.4 Å². The van der Waals surface area contributed by atoms with Crippen LogP contribution in [0.25, 0.3) is 27.3 Å². The zero-order valence-electron chi connectivity index (χ0n) is 13.9. The van der Waals surface area contributed by atoms with E-state index in [1.54, 1.807) is 0 Å². The summed E-state index contributed by atoms with van der Waals surface area (Å²) in [6, 6.07) is 14.6. The zero-order chi connectivity index (χ0) is 15.6. The van der Waals surface area contributed by atoms with Crippen LogP contribution in [0.3, 0.4) is 0 Å². The molecular formula is C21H19IrN2-. The molecule has 24 heavy (non-hydrogen) atoms. The van der Waals surface area contributed by atoms with Crippen molar-refractivity contribution in [3.8, 4) is 0 Å². The van der Waals surface area contributed by atoms with E-state index in [1.165, 1.54) is 51.6 Å². The molecule has 5 rings (SSSR count). The fraction of sp³-hybridized carbons (Fsp3) is 0.286. The molecule has 2 nitrogen and oxygen atoms in total. The number of hydrogen-bond acceptors (Lipinski definition) is 1. The van der Waals surface area contributed by atoms with Gasteiger partial charge in [0.1, 0.15) is 0 Å². The van der Waals surface area contributed by atoms with E-state index >= 15 is 0 Å². The van der Waals surface area contributed by atoms with Crippen LogP contribution in [-0.2, 0) is 32.9 Å². The molecule has 0 bridgehead atoms. The Morgan fingerprint density at radius 3 is 2.71 bits per heavy atom. The number of aryl methyl sites for hydroxylation is 4. The molecule has 0 spiro atoms. The first kappa shape index (κ1) is 15.8. The molecule has 0 aliphatic heterocycles. The van der Waals surface area contributed by atoms with Crippen molar-refractivity contribution in [2.24, 2.45) is 0 Å². The molecule has 0 saturated carbocycles. The summed E-state index contributed by atoms with van der Waals surface area (Å²) in [5.74, 6) is 0. The number of fused-ring (bicyclic) bond motifs is 8. The fourth-order valence-electron chi connectivity index (χ4n) is 4.02. The third-order valence-electron chi connectivity index (χ3n) is 5.13. The van der Waals surface area contributed by atoms with E-state index in [2.05, 4.69) is 54.6 Å². The van der Waals surface area contributed by atoms with Crippen molar-refractivity contribution < 1.29 is 20.1 Å². The standard InChI is InChI=1S/C21H19N2.Ir/c1-13-8-10-16-17(11-13)15-9-7-14(2)12-20(15)23-19-6-4-3-5-18(19)22-21(16)23;/h7-9,11-12H,3-6H2,1-2H3;/q-1;. The topological polar surface area (TPSA) is 17.3 Å². The van der Waals surface area contributed by atoms with E-state index in [9.17, 15) is 0 Å². The Hall–Kier alpha value is -1.70. The Bertz CT molecular complexity index is 1090. The first-order valence-electron chi connectivity index (χ1n) is 8.47. The molecule has 0 fully saturated rings. The van der Waals surface area contributed by atoms with Crippen LogP contribution < -0.4 is 0 Å². The van der Waals surface area contributed by atoms with Gasteiger partial charge in [-0.2, -0.15) is 0 Å². The van der Waals surface area contributed by atoms with E-state index in [1.807, 2.05) is 0 Å². The minimum absolute atomic E-state index is 0. The Morgan fingerprint density at radius 1 is 1.00 bits per heavy atom. The maximum Gasteiger partial charge on any atom is 0.0614 e. The third kappa shape index (κ3) is 2.15. The largest absolute Gasteiger partial charge is 0.337 e. The minimum atomic E-state index is 0. The van der Waals surface area contributed by atoms with E-state index in [0.717, 1.165) is 23.9 Å². The molecule has 0 saturated heterocycles. The molecule has 1 aliphatic rings. The molecular weight excluding hydrogens is 472 g/mol. The Labute approximate surface area is 155 Å². The van der Waals surface area contributed by atoms with Crippen LogP contribution in [-0.4, -0.2) is 9.38 Å². The predicted octanol–water partition coefficient (Wildman–Crippen LogP) is 4.93. The second-order valence-electron chi connectivity index (χ2n) is 6.86. The van der Waals surface area contributed by atoms with Gasteiger partial charge < -0.3 is 4.40 Å². The molecule has 0 amide bonds. The minimum Gasteiger partial charge on any atom is -0.337 e. The number of nitrogens with zero attached hydrogens (tertiary/aromatic N) is 2. The van der Waals surface area contributed by atoms with Gasteiger partial charge in [0.2, 0.25) is 0 Å². The van der Waals surface area contributed by atoms with Crippen LogP contribution in [0.15, 0.2) is 30.3 Å². The first-order valence-corrected chi connectivity index (χ1v) is 8.47. The smallest absolute Gasteiger partial charge is 0.0614 e. The van der Waals surface area contributed by atoms with Gasteiger partial charge in [0.15, 0.2) is 0 Å². The van der Waals surface area contributed by atoms with Gasteiger partial charge in [-0.15, -0.1) is 29.1 Å². The number of aromatic nitrogens is 2. The second-order valence-corrected chi connectivity index (χ2v) is 6.86. The first-order chi connectivity index (χ1) is 11.2. The van der Waals surface area contributed by atoms with Crippen LogP contribution in [0, 0.1) is 19.9 Å². The summed E-state index contributed by atoms with van der Waals surface area (Å²) in [4.78, 5) is 5.02. The van der Waals surface area contributed by atoms with E-state index in [4.69, 9.17) is 4.98 Å². The zero-order valence-corrected chi connectivity index (χ0v) is 16.3. The van der Waals surface area contributed by atoms with Crippen molar-refractivity contribution in [1.29, 1.82) is 0 Å². The summed E-state index contributed by atoms with van der Waals surface area (Å²) in [6.45, 7) is 4.30. The van der Waals surface area contributed by atoms with Gasteiger partial charge in [0.25, 0.3) is 0 Å². The van der Waals surface area contributed by atoms with Crippen LogP contribution >= 0.6 is 0 Å². The molecule has 0 unspecified atom stereocenters. The Balaban J connectivity index is 0.00000146. The number of hydrogen-bond donors (Lipinski definition) is 0. The van der Waals surface area contributed by atoms with Crippen molar-refractivity contribution in [1.82, 2.24) is 9.38 Å². The van der Waals surface area contributed by atoms with Gasteiger partial charge in [0.05, 0.1) is 11.3 Å². The number of imidazole rings is 1. The molecule has 1 aliphatic carbocycles. The third-order valence-corrected chi connectivity index (χ3v) is 5.13.